The topological polar surface area (TPSA) is 67.4 Å². The van der Waals surface area contributed by atoms with E-state index >= 15 is 0 Å². The van der Waals surface area contributed by atoms with Gasteiger partial charge < -0.3 is 10.1 Å². The van der Waals surface area contributed by atoms with Gasteiger partial charge in [0, 0.05) is 39.6 Å². The molecule has 2 heterocycles. The largest absolute Gasteiger partial charge is 0.358 e. The second-order valence-electron chi connectivity index (χ2n) is 7.96. The fourth-order valence-corrected chi connectivity index (χ4v) is 4.27. The molecule has 1 aliphatic heterocycles. The standard InChI is InChI=1S/C23H25F2N5O2/c1-17-26-16-22(30(31)32)29(17)15-12-27-10-13-28(14-11-27)23(18-2-6-20(24)7-3-18)19-4-8-21(25)9-5-19/h2-9,16,23H,10-15H2,1H3. The molecule has 32 heavy (non-hydrogen) atoms. The molecule has 0 bridgehead atoms. The summed E-state index contributed by atoms with van der Waals surface area (Å²) >= 11 is 0. The highest BCUT2D eigenvalue weighted by Gasteiger charge is 2.27. The van der Waals surface area contributed by atoms with Crippen LogP contribution in [0.15, 0.2) is 54.7 Å². The first-order valence-electron chi connectivity index (χ1n) is 10.6. The third-order valence-corrected chi connectivity index (χ3v) is 6.00. The van der Waals surface area contributed by atoms with Crippen molar-refractivity contribution in [2.45, 2.75) is 19.5 Å². The fourth-order valence-electron chi connectivity index (χ4n) is 4.27. The van der Waals surface area contributed by atoms with Crippen molar-refractivity contribution in [1.82, 2.24) is 19.4 Å². The monoisotopic (exact) mass is 441 g/mol. The van der Waals surface area contributed by atoms with Crippen molar-refractivity contribution in [3.8, 4) is 0 Å². The second-order valence-corrected chi connectivity index (χ2v) is 7.96. The maximum absolute atomic E-state index is 13.5. The average molecular weight is 441 g/mol. The van der Waals surface area contributed by atoms with Crippen LogP contribution in [0.4, 0.5) is 14.6 Å². The minimum atomic E-state index is -0.409. The van der Waals surface area contributed by atoms with Crippen molar-refractivity contribution in [3.05, 3.63) is 93.4 Å². The zero-order chi connectivity index (χ0) is 22.7. The molecule has 1 aromatic heterocycles. The number of aryl methyl sites for hydroxylation is 1. The Kier molecular flexibility index (Phi) is 6.57. The van der Waals surface area contributed by atoms with Gasteiger partial charge in [0.25, 0.3) is 0 Å². The number of aromatic nitrogens is 2. The molecule has 7 nitrogen and oxygen atoms in total. The van der Waals surface area contributed by atoms with Gasteiger partial charge in [0.05, 0.1) is 6.04 Å². The Bertz CT molecular complexity index is 1020. The molecule has 0 spiro atoms. The molecule has 0 aliphatic carbocycles. The van der Waals surface area contributed by atoms with E-state index < -0.39 is 4.92 Å². The molecule has 1 saturated heterocycles. The predicted octanol–water partition coefficient (Wildman–Crippen LogP) is 3.79. The molecule has 1 fully saturated rings. The van der Waals surface area contributed by atoms with Gasteiger partial charge in [0.15, 0.2) is 5.82 Å². The summed E-state index contributed by atoms with van der Waals surface area (Å²) in [6.45, 7) is 6.07. The van der Waals surface area contributed by atoms with Crippen molar-refractivity contribution >= 4 is 5.82 Å². The zero-order valence-electron chi connectivity index (χ0n) is 17.8. The molecule has 0 radical (unpaired) electrons. The second kappa shape index (κ2) is 9.54. The van der Waals surface area contributed by atoms with Crippen LogP contribution in [0.1, 0.15) is 23.0 Å². The molecule has 1 aliphatic rings. The van der Waals surface area contributed by atoms with Crippen LogP contribution >= 0.6 is 0 Å². The van der Waals surface area contributed by atoms with Crippen molar-refractivity contribution in [2.24, 2.45) is 0 Å². The summed E-state index contributed by atoms with van der Waals surface area (Å²) in [7, 11) is 0. The molecule has 4 rings (SSSR count). The molecule has 0 N–H and O–H groups in total. The molecular weight excluding hydrogens is 416 g/mol. The van der Waals surface area contributed by atoms with Gasteiger partial charge in [0.2, 0.25) is 0 Å². The van der Waals surface area contributed by atoms with E-state index in [-0.39, 0.29) is 23.5 Å². The summed E-state index contributed by atoms with van der Waals surface area (Å²) < 4.78 is 28.6. The highest BCUT2D eigenvalue weighted by Crippen LogP contribution is 2.30. The Morgan fingerprint density at radius 1 is 0.938 bits per heavy atom. The van der Waals surface area contributed by atoms with E-state index in [9.17, 15) is 18.9 Å². The molecule has 9 heteroatoms. The minimum absolute atomic E-state index is 0.00817. The summed E-state index contributed by atoms with van der Waals surface area (Å²) in [5.41, 5.74) is 1.91. The fraction of sp³-hybridized carbons (Fsp3) is 0.348. The van der Waals surface area contributed by atoms with E-state index in [4.69, 9.17) is 0 Å². The molecule has 0 atom stereocenters. The van der Waals surface area contributed by atoms with Crippen LogP contribution in [0.2, 0.25) is 0 Å². The lowest BCUT2D eigenvalue weighted by molar-refractivity contribution is -0.392. The normalized spacial score (nSPS) is 15.4. The van der Waals surface area contributed by atoms with E-state index in [2.05, 4.69) is 14.8 Å². The minimum Gasteiger partial charge on any atom is -0.358 e. The van der Waals surface area contributed by atoms with Crippen molar-refractivity contribution in [2.75, 3.05) is 32.7 Å². The lowest BCUT2D eigenvalue weighted by Crippen LogP contribution is -2.48. The summed E-state index contributed by atoms with van der Waals surface area (Å²) in [5, 5.41) is 11.2. The van der Waals surface area contributed by atoms with Crippen LogP contribution < -0.4 is 0 Å². The third-order valence-electron chi connectivity index (χ3n) is 6.00. The lowest BCUT2D eigenvalue weighted by atomic mass is 9.96. The smallest absolute Gasteiger partial charge is 0.342 e. The molecular formula is C23H25F2N5O2. The van der Waals surface area contributed by atoms with E-state index in [1.807, 2.05) is 0 Å². The number of halogens is 2. The van der Waals surface area contributed by atoms with E-state index in [1.165, 1.54) is 30.5 Å². The Morgan fingerprint density at radius 2 is 1.47 bits per heavy atom. The van der Waals surface area contributed by atoms with Gasteiger partial charge in [-0.1, -0.05) is 24.3 Å². The maximum atomic E-state index is 13.5. The van der Waals surface area contributed by atoms with Gasteiger partial charge in [-0.15, -0.1) is 0 Å². The number of piperazine rings is 1. The van der Waals surface area contributed by atoms with Crippen molar-refractivity contribution < 1.29 is 13.7 Å². The highest BCUT2D eigenvalue weighted by molar-refractivity contribution is 5.32. The summed E-state index contributed by atoms with van der Waals surface area (Å²) in [5.74, 6) is 0.0532. The molecule has 3 aromatic rings. The van der Waals surface area contributed by atoms with Crippen LogP contribution in [-0.4, -0.2) is 57.0 Å². The number of hydrogen-bond acceptors (Lipinski definition) is 5. The number of nitro groups is 1. The number of hydrogen-bond donors (Lipinski definition) is 0. The highest BCUT2D eigenvalue weighted by atomic mass is 19.1. The van der Waals surface area contributed by atoms with Crippen molar-refractivity contribution in [3.63, 3.8) is 0 Å². The van der Waals surface area contributed by atoms with E-state index in [0.717, 1.165) is 37.3 Å². The number of benzene rings is 2. The average Bonchev–Trinajstić information content (AvgIpc) is 3.16. The molecule has 0 unspecified atom stereocenters. The number of imidazole rings is 1. The SMILES string of the molecule is Cc1ncc([N+](=O)[O-])n1CCN1CCN(C(c2ccc(F)cc2)c2ccc(F)cc2)CC1. The van der Waals surface area contributed by atoms with Crippen LogP contribution in [0, 0.1) is 28.7 Å². The van der Waals surface area contributed by atoms with Crippen molar-refractivity contribution in [1.29, 1.82) is 0 Å². The summed E-state index contributed by atoms with van der Waals surface area (Å²) in [6, 6.07) is 12.8. The quantitative estimate of drug-likeness (QED) is 0.412. The van der Waals surface area contributed by atoms with E-state index in [0.29, 0.717) is 18.9 Å². The first-order chi connectivity index (χ1) is 15.4. The number of nitrogens with zero attached hydrogens (tertiary/aromatic N) is 5. The van der Waals surface area contributed by atoms with Gasteiger partial charge in [-0.2, -0.15) is 0 Å². The van der Waals surface area contributed by atoms with E-state index in [1.54, 1.807) is 35.8 Å². The van der Waals surface area contributed by atoms with Crippen LogP contribution in [0.5, 0.6) is 0 Å². The van der Waals surface area contributed by atoms with Crippen LogP contribution in [0.25, 0.3) is 0 Å². The van der Waals surface area contributed by atoms with Crippen LogP contribution in [0.3, 0.4) is 0 Å². The first kappa shape index (κ1) is 22.0. The Labute approximate surface area is 185 Å². The molecule has 0 amide bonds. The maximum Gasteiger partial charge on any atom is 0.342 e. The molecule has 2 aromatic carbocycles. The van der Waals surface area contributed by atoms with Gasteiger partial charge in [-0.05, 0) is 40.3 Å². The Hall–Kier alpha value is -3.17. The van der Waals surface area contributed by atoms with Crippen LogP contribution in [-0.2, 0) is 6.54 Å². The molecule has 168 valence electrons. The van der Waals surface area contributed by atoms with Gasteiger partial charge in [0.1, 0.15) is 24.4 Å². The predicted molar refractivity (Wildman–Crippen MR) is 116 cm³/mol. The van der Waals surface area contributed by atoms with Gasteiger partial charge in [-0.3, -0.25) is 9.80 Å². The third kappa shape index (κ3) is 4.84. The van der Waals surface area contributed by atoms with Gasteiger partial charge in [-0.25, -0.2) is 18.3 Å². The lowest BCUT2D eigenvalue weighted by Gasteiger charge is -2.39. The zero-order valence-corrected chi connectivity index (χ0v) is 17.8. The number of rotatable bonds is 7. The Morgan fingerprint density at radius 3 is 1.97 bits per heavy atom. The molecule has 0 saturated carbocycles. The summed E-state index contributed by atoms with van der Waals surface area (Å²) in [4.78, 5) is 19.4. The van der Waals surface area contributed by atoms with Gasteiger partial charge >= 0.3 is 5.82 Å². The Balaban J connectivity index is 1.44. The first-order valence-corrected chi connectivity index (χ1v) is 10.6. The summed E-state index contributed by atoms with van der Waals surface area (Å²) in [6.07, 6.45) is 1.29.